The summed E-state index contributed by atoms with van der Waals surface area (Å²) >= 11 is 0. The number of nitrogen functional groups attached to an aromatic ring is 1. The fourth-order valence-electron chi connectivity index (χ4n) is 1.88. The van der Waals surface area contributed by atoms with Crippen LogP contribution in [-0.2, 0) is 13.0 Å². The topological polar surface area (TPSA) is 88.8 Å². The number of hydrogen-bond acceptors (Lipinski definition) is 6. The van der Waals surface area contributed by atoms with Crippen LogP contribution in [0.15, 0.2) is 24.3 Å². The third-order valence-electron chi connectivity index (χ3n) is 2.79. The molecule has 0 spiro atoms. The van der Waals surface area contributed by atoms with Gasteiger partial charge in [-0.05, 0) is 25.5 Å². The second-order valence-corrected chi connectivity index (χ2v) is 4.57. The van der Waals surface area contributed by atoms with Gasteiger partial charge in [-0.3, -0.25) is 4.98 Å². The van der Waals surface area contributed by atoms with E-state index in [2.05, 4.69) is 32.6 Å². The number of nitrogens with two attached hydrogens (primary N) is 1. The van der Waals surface area contributed by atoms with E-state index in [9.17, 15) is 0 Å². The van der Waals surface area contributed by atoms with Crippen molar-refractivity contribution in [2.45, 2.75) is 33.2 Å². The summed E-state index contributed by atoms with van der Waals surface area (Å²) in [6.07, 6.45) is 1.82. The maximum Gasteiger partial charge on any atom is 0.145 e. The number of aromatic nitrogens is 3. The highest BCUT2D eigenvalue weighted by molar-refractivity contribution is 5.47. The first-order valence-electron chi connectivity index (χ1n) is 6.72. The molecule has 0 atom stereocenters. The Hall–Kier alpha value is -2.21. The van der Waals surface area contributed by atoms with E-state index in [0.717, 1.165) is 35.9 Å². The van der Waals surface area contributed by atoms with Crippen molar-refractivity contribution < 1.29 is 0 Å². The molecule has 2 rings (SSSR count). The number of pyridine rings is 1. The summed E-state index contributed by atoms with van der Waals surface area (Å²) in [6, 6.07) is 7.74. The van der Waals surface area contributed by atoms with Gasteiger partial charge in [0, 0.05) is 18.2 Å². The first-order chi connectivity index (χ1) is 9.71. The van der Waals surface area contributed by atoms with Gasteiger partial charge in [0.1, 0.15) is 17.5 Å². The third-order valence-corrected chi connectivity index (χ3v) is 2.79. The predicted molar refractivity (Wildman–Crippen MR) is 80.1 cm³/mol. The molecule has 0 aliphatic heterocycles. The zero-order chi connectivity index (χ0) is 14.4. The van der Waals surface area contributed by atoms with Crippen molar-refractivity contribution in [2.75, 3.05) is 10.7 Å². The standard InChI is InChI=1S/C14H20N6/c1-3-5-12-18-13(8-14(19-12)20-15)16-9-11-7-4-6-10(2)17-11/h4,6-8H,3,5,9,15H2,1-2H3,(H2,16,18,19,20). The smallest absolute Gasteiger partial charge is 0.145 e. The van der Waals surface area contributed by atoms with E-state index in [4.69, 9.17) is 5.84 Å². The summed E-state index contributed by atoms with van der Waals surface area (Å²) < 4.78 is 0. The van der Waals surface area contributed by atoms with E-state index in [-0.39, 0.29) is 0 Å². The molecule has 0 saturated heterocycles. The van der Waals surface area contributed by atoms with Crippen molar-refractivity contribution in [3.63, 3.8) is 0 Å². The van der Waals surface area contributed by atoms with Gasteiger partial charge in [-0.15, -0.1) is 0 Å². The summed E-state index contributed by atoms with van der Waals surface area (Å²) in [5, 5.41) is 3.25. The number of hydrogen-bond donors (Lipinski definition) is 3. The molecule has 0 aromatic carbocycles. The highest BCUT2D eigenvalue weighted by Gasteiger charge is 2.04. The molecule has 0 fully saturated rings. The minimum Gasteiger partial charge on any atom is -0.364 e. The Morgan fingerprint density at radius 1 is 1.15 bits per heavy atom. The van der Waals surface area contributed by atoms with Crippen LogP contribution in [0.25, 0.3) is 0 Å². The first-order valence-corrected chi connectivity index (χ1v) is 6.72. The Kier molecular flexibility index (Phi) is 4.84. The van der Waals surface area contributed by atoms with Gasteiger partial charge in [0.2, 0.25) is 0 Å². The molecule has 0 bridgehead atoms. The summed E-state index contributed by atoms with van der Waals surface area (Å²) in [6.45, 7) is 4.69. The van der Waals surface area contributed by atoms with Gasteiger partial charge in [-0.25, -0.2) is 15.8 Å². The molecule has 0 unspecified atom stereocenters. The number of rotatable bonds is 6. The monoisotopic (exact) mass is 272 g/mol. The number of hydrazine groups is 1. The Morgan fingerprint density at radius 3 is 2.65 bits per heavy atom. The molecule has 2 heterocycles. The first kappa shape index (κ1) is 14.2. The third kappa shape index (κ3) is 3.89. The van der Waals surface area contributed by atoms with Crippen molar-refractivity contribution in [3.05, 3.63) is 41.5 Å². The van der Waals surface area contributed by atoms with Gasteiger partial charge < -0.3 is 10.7 Å². The summed E-state index contributed by atoms with van der Waals surface area (Å²) in [5.41, 5.74) is 4.54. The second kappa shape index (κ2) is 6.81. The Morgan fingerprint density at radius 2 is 1.95 bits per heavy atom. The van der Waals surface area contributed by atoms with Crippen LogP contribution in [0.3, 0.4) is 0 Å². The fourth-order valence-corrected chi connectivity index (χ4v) is 1.88. The molecule has 2 aromatic heterocycles. The largest absolute Gasteiger partial charge is 0.364 e. The zero-order valence-corrected chi connectivity index (χ0v) is 11.8. The lowest BCUT2D eigenvalue weighted by Gasteiger charge is -2.09. The van der Waals surface area contributed by atoms with Crippen LogP contribution in [0.4, 0.5) is 11.6 Å². The Labute approximate surface area is 118 Å². The molecule has 0 saturated carbocycles. The molecule has 0 aliphatic carbocycles. The SMILES string of the molecule is CCCc1nc(NN)cc(NCc2cccc(C)n2)n1. The van der Waals surface area contributed by atoms with Crippen LogP contribution in [0.1, 0.15) is 30.6 Å². The summed E-state index contributed by atoms with van der Waals surface area (Å²) in [4.78, 5) is 13.2. The molecule has 2 aromatic rings. The highest BCUT2D eigenvalue weighted by atomic mass is 15.3. The Balaban J connectivity index is 2.10. The van der Waals surface area contributed by atoms with Gasteiger partial charge >= 0.3 is 0 Å². The number of nitrogens with one attached hydrogen (secondary N) is 2. The number of aryl methyl sites for hydroxylation is 2. The van der Waals surface area contributed by atoms with E-state index >= 15 is 0 Å². The van der Waals surface area contributed by atoms with Gasteiger partial charge in [-0.2, -0.15) is 0 Å². The molecule has 6 nitrogen and oxygen atoms in total. The highest BCUT2D eigenvalue weighted by Crippen LogP contribution is 2.12. The molecule has 20 heavy (non-hydrogen) atoms. The van der Waals surface area contributed by atoms with Crippen LogP contribution < -0.4 is 16.6 Å². The van der Waals surface area contributed by atoms with Crippen LogP contribution in [-0.4, -0.2) is 15.0 Å². The van der Waals surface area contributed by atoms with E-state index in [1.54, 1.807) is 6.07 Å². The molecule has 0 aliphatic rings. The normalized spacial score (nSPS) is 10.3. The van der Waals surface area contributed by atoms with Gasteiger partial charge in [0.25, 0.3) is 0 Å². The van der Waals surface area contributed by atoms with Crippen LogP contribution in [0.2, 0.25) is 0 Å². The molecule has 0 amide bonds. The minimum absolute atomic E-state index is 0.614. The van der Waals surface area contributed by atoms with E-state index < -0.39 is 0 Å². The minimum atomic E-state index is 0.614. The fraction of sp³-hybridized carbons (Fsp3) is 0.357. The predicted octanol–water partition coefficient (Wildman–Crippen LogP) is 2.03. The summed E-state index contributed by atoms with van der Waals surface area (Å²) in [5.74, 6) is 7.57. The van der Waals surface area contributed by atoms with Crippen molar-refractivity contribution >= 4 is 11.6 Å². The average Bonchev–Trinajstić information content (AvgIpc) is 2.45. The van der Waals surface area contributed by atoms with E-state index in [0.29, 0.717) is 12.4 Å². The lowest BCUT2D eigenvalue weighted by molar-refractivity contribution is 0.833. The van der Waals surface area contributed by atoms with Gasteiger partial charge in [0.15, 0.2) is 0 Å². The second-order valence-electron chi connectivity index (χ2n) is 4.57. The Bertz CT molecular complexity index is 569. The molecule has 0 radical (unpaired) electrons. The molecule has 4 N–H and O–H groups in total. The van der Waals surface area contributed by atoms with Crippen molar-refractivity contribution in [2.24, 2.45) is 5.84 Å². The average molecular weight is 272 g/mol. The van der Waals surface area contributed by atoms with Crippen LogP contribution in [0, 0.1) is 6.92 Å². The van der Waals surface area contributed by atoms with Gasteiger partial charge in [0.05, 0.1) is 12.2 Å². The zero-order valence-electron chi connectivity index (χ0n) is 11.8. The maximum atomic E-state index is 5.43. The molecule has 106 valence electrons. The molecular formula is C14H20N6. The maximum absolute atomic E-state index is 5.43. The molecule has 6 heteroatoms. The van der Waals surface area contributed by atoms with Gasteiger partial charge in [-0.1, -0.05) is 13.0 Å². The van der Waals surface area contributed by atoms with Crippen molar-refractivity contribution in [1.29, 1.82) is 0 Å². The molecular weight excluding hydrogens is 252 g/mol. The number of nitrogens with zero attached hydrogens (tertiary/aromatic N) is 3. The van der Waals surface area contributed by atoms with Crippen molar-refractivity contribution in [1.82, 2.24) is 15.0 Å². The van der Waals surface area contributed by atoms with Crippen molar-refractivity contribution in [3.8, 4) is 0 Å². The van der Waals surface area contributed by atoms with E-state index in [1.165, 1.54) is 0 Å². The lowest BCUT2D eigenvalue weighted by atomic mass is 10.3. The van der Waals surface area contributed by atoms with Crippen LogP contribution >= 0.6 is 0 Å². The van der Waals surface area contributed by atoms with Crippen LogP contribution in [0.5, 0.6) is 0 Å². The summed E-state index contributed by atoms with van der Waals surface area (Å²) in [7, 11) is 0. The lowest BCUT2D eigenvalue weighted by Crippen LogP contribution is -2.12. The number of anilines is 2. The quantitative estimate of drug-likeness (QED) is 0.551. The van der Waals surface area contributed by atoms with E-state index in [1.807, 2.05) is 25.1 Å².